The average Bonchev–Trinajstić information content (AvgIpc) is 2.55. The van der Waals surface area contributed by atoms with Gasteiger partial charge in [-0.25, -0.2) is 0 Å². The van der Waals surface area contributed by atoms with Gasteiger partial charge in [0.1, 0.15) is 0 Å². The number of hydrogen-bond acceptors (Lipinski definition) is 1. The van der Waals surface area contributed by atoms with Crippen LogP contribution in [0.2, 0.25) is 0 Å². The van der Waals surface area contributed by atoms with E-state index in [2.05, 4.69) is 95.1 Å². The maximum absolute atomic E-state index is 3.68. The molecule has 0 fully saturated rings. The Kier molecular flexibility index (Phi) is 6.47. The molecular weight excluding hydrogens is 314 g/mol. The van der Waals surface area contributed by atoms with Crippen LogP contribution in [-0.4, -0.2) is 0 Å². The zero-order valence-corrected chi connectivity index (χ0v) is 17.0. The number of benzene rings is 1. The fourth-order valence-corrected chi connectivity index (χ4v) is 3.63. The molecule has 1 aliphatic carbocycles. The second-order valence-electron chi connectivity index (χ2n) is 8.88. The first-order chi connectivity index (χ1) is 12.2. The highest BCUT2D eigenvalue weighted by Gasteiger charge is 2.27. The van der Waals surface area contributed by atoms with Crippen LogP contribution in [0, 0.1) is 5.41 Å². The minimum Gasteiger partial charge on any atom is -0.356 e. The van der Waals surface area contributed by atoms with E-state index in [0.717, 1.165) is 24.2 Å². The zero-order valence-electron chi connectivity index (χ0n) is 17.0. The maximum atomic E-state index is 3.68. The highest BCUT2D eigenvalue weighted by atomic mass is 14.9. The lowest BCUT2D eigenvalue weighted by atomic mass is 9.72. The Bertz CT molecular complexity index is 731. The number of rotatable bonds is 6. The Balaban J connectivity index is 2.00. The molecule has 0 unspecified atom stereocenters. The van der Waals surface area contributed by atoms with Crippen molar-refractivity contribution in [1.29, 1.82) is 0 Å². The van der Waals surface area contributed by atoms with Crippen LogP contribution in [0.1, 0.15) is 53.0 Å². The standard InChI is InChI=1S/C25H33N/c1-7-8-9-10-20-11-15-22(16-12-20)26-23-17-13-21(14-18-23)25(5,6)19-24(2,3)4/h7-11,13-18,26H,1,12,19H2,2-6H3/b9-8-,20-10-. The second kappa shape index (κ2) is 8.40. The van der Waals surface area contributed by atoms with Crippen LogP contribution < -0.4 is 5.32 Å². The van der Waals surface area contributed by atoms with Crippen molar-refractivity contribution in [2.24, 2.45) is 5.41 Å². The first kappa shape index (κ1) is 20.0. The molecule has 1 aromatic carbocycles. The van der Waals surface area contributed by atoms with Gasteiger partial charge in [0, 0.05) is 11.4 Å². The van der Waals surface area contributed by atoms with Crippen molar-refractivity contribution < 1.29 is 0 Å². The Hall–Kier alpha value is -2.28. The van der Waals surface area contributed by atoms with Gasteiger partial charge in [-0.1, -0.05) is 89.8 Å². The van der Waals surface area contributed by atoms with Gasteiger partial charge in [-0.05, 0) is 53.0 Å². The molecule has 138 valence electrons. The average molecular weight is 348 g/mol. The third-order valence-corrected chi connectivity index (χ3v) is 4.52. The van der Waals surface area contributed by atoms with Gasteiger partial charge in [0.15, 0.2) is 0 Å². The maximum Gasteiger partial charge on any atom is 0.0384 e. The monoisotopic (exact) mass is 347 g/mol. The Morgan fingerprint density at radius 3 is 2.23 bits per heavy atom. The fourth-order valence-electron chi connectivity index (χ4n) is 3.63. The third kappa shape index (κ3) is 6.22. The topological polar surface area (TPSA) is 12.0 Å². The largest absolute Gasteiger partial charge is 0.356 e. The summed E-state index contributed by atoms with van der Waals surface area (Å²) in [5.41, 5.74) is 5.48. The molecule has 0 radical (unpaired) electrons. The molecule has 0 saturated heterocycles. The van der Waals surface area contributed by atoms with Crippen LogP contribution in [0.3, 0.4) is 0 Å². The highest BCUT2D eigenvalue weighted by molar-refractivity contribution is 5.54. The molecule has 0 atom stereocenters. The second-order valence-corrected chi connectivity index (χ2v) is 8.88. The summed E-state index contributed by atoms with van der Waals surface area (Å²) >= 11 is 0. The summed E-state index contributed by atoms with van der Waals surface area (Å²) in [4.78, 5) is 0. The van der Waals surface area contributed by atoms with Gasteiger partial charge in [0.25, 0.3) is 0 Å². The van der Waals surface area contributed by atoms with Crippen molar-refractivity contribution in [2.75, 3.05) is 5.32 Å². The predicted molar refractivity (Wildman–Crippen MR) is 116 cm³/mol. The van der Waals surface area contributed by atoms with Crippen LogP contribution in [0.4, 0.5) is 5.69 Å². The molecule has 0 saturated carbocycles. The van der Waals surface area contributed by atoms with Gasteiger partial charge in [0.2, 0.25) is 0 Å². The molecule has 1 aliphatic rings. The quantitative estimate of drug-likeness (QED) is 0.531. The molecule has 0 amide bonds. The normalized spacial score (nSPS) is 16.8. The van der Waals surface area contributed by atoms with Gasteiger partial charge in [-0.2, -0.15) is 0 Å². The van der Waals surface area contributed by atoms with Gasteiger partial charge >= 0.3 is 0 Å². The molecule has 1 heteroatoms. The summed E-state index contributed by atoms with van der Waals surface area (Å²) in [7, 11) is 0. The number of nitrogens with one attached hydrogen (secondary N) is 1. The highest BCUT2D eigenvalue weighted by Crippen LogP contribution is 2.36. The SMILES string of the molecule is C=C/C=C\C=C1\C=CC(Nc2ccc(C(C)(C)CC(C)(C)C)cc2)=CC1. The van der Waals surface area contributed by atoms with E-state index in [9.17, 15) is 0 Å². The number of hydrogen-bond donors (Lipinski definition) is 1. The summed E-state index contributed by atoms with van der Waals surface area (Å²) in [6, 6.07) is 8.89. The van der Waals surface area contributed by atoms with Crippen molar-refractivity contribution in [1.82, 2.24) is 0 Å². The van der Waals surface area contributed by atoms with Gasteiger partial charge < -0.3 is 5.32 Å². The van der Waals surface area contributed by atoms with Gasteiger partial charge in [-0.3, -0.25) is 0 Å². The fraction of sp³-hybridized carbons (Fsp3) is 0.360. The summed E-state index contributed by atoms with van der Waals surface area (Å²) in [6.45, 7) is 15.3. The molecule has 1 N–H and O–H groups in total. The molecule has 0 bridgehead atoms. The predicted octanol–water partition coefficient (Wildman–Crippen LogP) is 7.32. The lowest BCUT2D eigenvalue weighted by Crippen LogP contribution is -2.24. The van der Waals surface area contributed by atoms with Crippen molar-refractivity contribution in [3.05, 3.63) is 90.2 Å². The van der Waals surface area contributed by atoms with Crippen molar-refractivity contribution in [3.63, 3.8) is 0 Å². The molecule has 0 aromatic heterocycles. The Morgan fingerprint density at radius 2 is 1.69 bits per heavy atom. The minimum absolute atomic E-state index is 0.180. The lowest BCUT2D eigenvalue weighted by Gasteiger charge is -2.33. The van der Waals surface area contributed by atoms with E-state index in [-0.39, 0.29) is 5.41 Å². The van der Waals surface area contributed by atoms with E-state index in [0.29, 0.717) is 5.41 Å². The van der Waals surface area contributed by atoms with Crippen LogP contribution in [0.25, 0.3) is 0 Å². The van der Waals surface area contributed by atoms with Crippen LogP contribution in [0.15, 0.2) is 84.6 Å². The van der Waals surface area contributed by atoms with E-state index < -0.39 is 0 Å². The van der Waals surface area contributed by atoms with Crippen LogP contribution in [0.5, 0.6) is 0 Å². The van der Waals surface area contributed by atoms with Gasteiger partial charge in [0.05, 0.1) is 0 Å². The molecule has 0 aliphatic heterocycles. The number of anilines is 1. The molecule has 1 aromatic rings. The summed E-state index contributed by atoms with van der Waals surface area (Å²) < 4.78 is 0. The first-order valence-electron chi connectivity index (χ1n) is 9.44. The minimum atomic E-state index is 0.180. The van der Waals surface area contributed by atoms with Crippen LogP contribution >= 0.6 is 0 Å². The summed E-state index contributed by atoms with van der Waals surface area (Å²) in [5, 5.41) is 3.51. The van der Waals surface area contributed by atoms with Crippen molar-refractivity contribution >= 4 is 5.69 Å². The smallest absolute Gasteiger partial charge is 0.0384 e. The summed E-state index contributed by atoms with van der Waals surface area (Å²) in [5.74, 6) is 0. The Labute approximate surface area is 159 Å². The van der Waals surface area contributed by atoms with Gasteiger partial charge in [-0.15, -0.1) is 0 Å². The summed E-state index contributed by atoms with van der Waals surface area (Å²) in [6.07, 6.45) is 16.5. The molecule has 2 rings (SSSR count). The Morgan fingerprint density at radius 1 is 1.00 bits per heavy atom. The van der Waals surface area contributed by atoms with Crippen molar-refractivity contribution in [3.8, 4) is 0 Å². The van der Waals surface area contributed by atoms with E-state index in [1.54, 1.807) is 6.08 Å². The molecular formula is C25H33N. The van der Waals surface area contributed by atoms with E-state index in [1.165, 1.54) is 11.1 Å². The van der Waals surface area contributed by atoms with E-state index in [4.69, 9.17) is 0 Å². The third-order valence-electron chi connectivity index (χ3n) is 4.52. The molecule has 26 heavy (non-hydrogen) atoms. The zero-order chi connectivity index (χ0) is 19.2. The molecule has 1 nitrogen and oxygen atoms in total. The molecule has 0 spiro atoms. The van der Waals surface area contributed by atoms with Crippen LogP contribution in [-0.2, 0) is 5.41 Å². The first-order valence-corrected chi connectivity index (χ1v) is 9.44. The number of allylic oxidation sites excluding steroid dienone is 8. The lowest BCUT2D eigenvalue weighted by molar-refractivity contribution is 0.284. The van der Waals surface area contributed by atoms with E-state index >= 15 is 0 Å². The van der Waals surface area contributed by atoms with Crippen molar-refractivity contribution in [2.45, 2.75) is 52.9 Å². The van der Waals surface area contributed by atoms with E-state index in [1.807, 2.05) is 12.2 Å². The molecule has 0 heterocycles.